The Balaban J connectivity index is 1.43. The fraction of sp³-hybridized carbons (Fsp3) is 0.150. The van der Waals surface area contributed by atoms with E-state index in [9.17, 15) is 4.79 Å². The minimum atomic E-state index is -0.0960. The first-order valence-corrected chi connectivity index (χ1v) is 7.87. The average Bonchev–Trinajstić information content (AvgIpc) is 3.07. The molecule has 0 aliphatic carbocycles. The lowest BCUT2D eigenvalue weighted by molar-refractivity contribution is -0.116. The maximum atomic E-state index is 11.7. The molecule has 1 aliphatic rings. The Labute approximate surface area is 141 Å². The standard InChI is InChI=1S/C20H19NO3/c22-20(21-13-12-16-6-2-1-3-7-16)9-5-4-8-17-10-11-18-19(14-17)24-15-23-18/h1-11,14H,12-13,15H2,(H,21,22)/b8-4+,9-5+. The Bertz CT molecular complexity index is 751. The van der Waals surface area contributed by atoms with Crippen LogP contribution in [0.1, 0.15) is 11.1 Å². The van der Waals surface area contributed by atoms with Crippen LogP contribution in [0, 0.1) is 0 Å². The molecular weight excluding hydrogens is 302 g/mol. The van der Waals surface area contributed by atoms with Crippen LogP contribution in [0.4, 0.5) is 0 Å². The molecule has 0 fully saturated rings. The van der Waals surface area contributed by atoms with E-state index in [0.29, 0.717) is 6.54 Å². The molecule has 24 heavy (non-hydrogen) atoms. The van der Waals surface area contributed by atoms with Gasteiger partial charge in [0.25, 0.3) is 0 Å². The number of carbonyl (C=O) groups is 1. The van der Waals surface area contributed by atoms with E-state index in [4.69, 9.17) is 9.47 Å². The monoisotopic (exact) mass is 321 g/mol. The molecule has 1 heterocycles. The molecule has 0 atom stereocenters. The molecule has 0 saturated heterocycles. The molecule has 3 rings (SSSR count). The summed E-state index contributed by atoms with van der Waals surface area (Å²) in [6.07, 6.45) is 7.81. The summed E-state index contributed by atoms with van der Waals surface area (Å²) in [5, 5.41) is 2.87. The smallest absolute Gasteiger partial charge is 0.243 e. The van der Waals surface area contributed by atoms with Gasteiger partial charge in [-0.3, -0.25) is 4.79 Å². The second kappa shape index (κ2) is 8.02. The molecule has 0 spiro atoms. The minimum absolute atomic E-state index is 0.0960. The van der Waals surface area contributed by atoms with Gasteiger partial charge in [-0.25, -0.2) is 0 Å². The number of carbonyl (C=O) groups excluding carboxylic acids is 1. The molecule has 0 radical (unpaired) electrons. The van der Waals surface area contributed by atoms with E-state index < -0.39 is 0 Å². The molecule has 2 aromatic carbocycles. The molecule has 1 amide bonds. The third kappa shape index (κ3) is 4.49. The van der Waals surface area contributed by atoms with Gasteiger partial charge in [0.2, 0.25) is 12.7 Å². The third-order valence-corrected chi connectivity index (χ3v) is 3.60. The van der Waals surface area contributed by atoms with Gasteiger partial charge in [0, 0.05) is 12.6 Å². The average molecular weight is 321 g/mol. The minimum Gasteiger partial charge on any atom is -0.454 e. The zero-order chi connectivity index (χ0) is 16.6. The predicted octanol–water partition coefficient (Wildman–Crippen LogP) is 3.34. The van der Waals surface area contributed by atoms with Gasteiger partial charge >= 0.3 is 0 Å². The molecule has 4 heteroatoms. The van der Waals surface area contributed by atoms with Crippen molar-refractivity contribution in [2.45, 2.75) is 6.42 Å². The summed E-state index contributed by atoms with van der Waals surface area (Å²) in [4.78, 5) is 11.7. The van der Waals surface area contributed by atoms with E-state index in [1.165, 1.54) is 11.6 Å². The van der Waals surface area contributed by atoms with Crippen molar-refractivity contribution in [3.8, 4) is 11.5 Å². The van der Waals surface area contributed by atoms with E-state index in [2.05, 4.69) is 17.4 Å². The number of allylic oxidation sites excluding steroid dienone is 2. The van der Waals surface area contributed by atoms with E-state index in [-0.39, 0.29) is 12.7 Å². The molecule has 0 unspecified atom stereocenters. The first-order valence-electron chi connectivity index (χ1n) is 7.87. The summed E-state index contributed by atoms with van der Waals surface area (Å²) < 4.78 is 10.6. The van der Waals surface area contributed by atoms with Crippen LogP contribution in [0.5, 0.6) is 11.5 Å². The number of benzene rings is 2. The highest BCUT2D eigenvalue weighted by atomic mass is 16.7. The molecule has 1 aliphatic heterocycles. The molecule has 4 nitrogen and oxygen atoms in total. The molecule has 1 N–H and O–H groups in total. The van der Waals surface area contributed by atoms with Crippen molar-refractivity contribution in [3.63, 3.8) is 0 Å². The van der Waals surface area contributed by atoms with Crippen molar-refractivity contribution >= 4 is 12.0 Å². The largest absolute Gasteiger partial charge is 0.454 e. The van der Waals surface area contributed by atoms with Crippen LogP contribution >= 0.6 is 0 Å². The highest BCUT2D eigenvalue weighted by Gasteiger charge is 2.11. The Kier molecular flexibility index (Phi) is 5.30. The Morgan fingerprint density at radius 2 is 1.88 bits per heavy atom. The SMILES string of the molecule is O=C(/C=C/C=C/c1ccc2c(c1)OCO2)NCCc1ccccc1. The summed E-state index contributed by atoms with van der Waals surface area (Å²) in [6, 6.07) is 15.8. The van der Waals surface area contributed by atoms with Crippen molar-refractivity contribution in [1.29, 1.82) is 0 Å². The predicted molar refractivity (Wildman–Crippen MR) is 93.9 cm³/mol. The zero-order valence-electron chi connectivity index (χ0n) is 13.3. The van der Waals surface area contributed by atoms with E-state index in [0.717, 1.165) is 23.5 Å². The number of ether oxygens (including phenoxy) is 2. The quantitative estimate of drug-likeness (QED) is 0.656. The molecule has 0 saturated carbocycles. The van der Waals surface area contributed by atoms with Crippen LogP contribution in [0.3, 0.4) is 0 Å². The fourth-order valence-electron chi connectivity index (χ4n) is 2.36. The molecule has 0 bridgehead atoms. The Morgan fingerprint density at radius 1 is 1.04 bits per heavy atom. The normalized spacial score (nSPS) is 12.8. The maximum Gasteiger partial charge on any atom is 0.243 e. The number of nitrogens with one attached hydrogen (secondary N) is 1. The van der Waals surface area contributed by atoms with Crippen LogP contribution < -0.4 is 14.8 Å². The number of hydrogen-bond acceptors (Lipinski definition) is 3. The molecule has 122 valence electrons. The second-order valence-electron chi connectivity index (χ2n) is 5.36. The van der Waals surface area contributed by atoms with Gasteiger partial charge in [-0.2, -0.15) is 0 Å². The second-order valence-corrected chi connectivity index (χ2v) is 5.36. The van der Waals surface area contributed by atoms with Gasteiger partial charge in [0.1, 0.15) is 0 Å². The van der Waals surface area contributed by atoms with Crippen molar-refractivity contribution in [2.75, 3.05) is 13.3 Å². The lowest BCUT2D eigenvalue weighted by Gasteiger charge is -2.02. The van der Waals surface area contributed by atoms with Crippen LogP contribution in [-0.4, -0.2) is 19.2 Å². The van der Waals surface area contributed by atoms with Gasteiger partial charge in [-0.1, -0.05) is 54.6 Å². The number of rotatable bonds is 6. The first kappa shape index (κ1) is 15.9. The summed E-state index contributed by atoms with van der Waals surface area (Å²) in [7, 11) is 0. The van der Waals surface area contributed by atoms with Gasteiger partial charge in [-0.15, -0.1) is 0 Å². The number of amides is 1. The summed E-state index contributed by atoms with van der Waals surface area (Å²) in [5.41, 5.74) is 2.21. The zero-order valence-corrected chi connectivity index (χ0v) is 13.3. The summed E-state index contributed by atoms with van der Waals surface area (Å²) >= 11 is 0. The Hall–Kier alpha value is -3.01. The van der Waals surface area contributed by atoms with Crippen molar-refractivity contribution in [1.82, 2.24) is 5.32 Å². The van der Waals surface area contributed by atoms with Crippen molar-refractivity contribution in [2.24, 2.45) is 0 Å². The molecule has 0 aromatic heterocycles. The highest BCUT2D eigenvalue weighted by Crippen LogP contribution is 2.32. The Morgan fingerprint density at radius 3 is 2.75 bits per heavy atom. The first-order chi connectivity index (χ1) is 11.8. The summed E-state index contributed by atoms with van der Waals surface area (Å²) in [5.74, 6) is 1.42. The van der Waals surface area contributed by atoms with Gasteiger partial charge in [0.05, 0.1) is 0 Å². The van der Waals surface area contributed by atoms with Gasteiger partial charge in [-0.05, 0) is 29.7 Å². The van der Waals surface area contributed by atoms with Crippen molar-refractivity contribution in [3.05, 3.63) is 77.9 Å². The van der Waals surface area contributed by atoms with Crippen LogP contribution in [0.15, 0.2) is 66.8 Å². The van der Waals surface area contributed by atoms with E-state index in [1.807, 2.05) is 48.6 Å². The van der Waals surface area contributed by atoms with E-state index in [1.54, 1.807) is 6.08 Å². The van der Waals surface area contributed by atoms with Crippen molar-refractivity contribution < 1.29 is 14.3 Å². The van der Waals surface area contributed by atoms with Crippen LogP contribution in [-0.2, 0) is 11.2 Å². The van der Waals surface area contributed by atoms with Crippen LogP contribution in [0.2, 0.25) is 0 Å². The molecule has 2 aromatic rings. The van der Waals surface area contributed by atoms with Gasteiger partial charge < -0.3 is 14.8 Å². The lowest BCUT2D eigenvalue weighted by atomic mass is 10.1. The summed E-state index contributed by atoms with van der Waals surface area (Å²) in [6.45, 7) is 0.893. The van der Waals surface area contributed by atoms with E-state index >= 15 is 0 Å². The number of fused-ring (bicyclic) bond motifs is 1. The highest BCUT2D eigenvalue weighted by molar-refractivity contribution is 5.87. The number of hydrogen-bond donors (Lipinski definition) is 1. The topological polar surface area (TPSA) is 47.6 Å². The third-order valence-electron chi connectivity index (χ3n) is 3.60. The lowest BCUT2D eigenvalue weighted by Crippen LogP contribution is -2.23. The van der Waals surface area contributed by atoms with Gasteiger partial charge in [0.15, 0.2) is 11.5 Å². The van der Waals surface area contributed by atoms with Crippen LogP contribution in [0.25, 0.3) is 6.08 Å². The fourth-order valence-corrected chi connectivity index (χ4v) is 2.36. The maximum absolute atomic E-state index is 11.7. The molecular formula is C20H19NO3.